The number of aromatic hydroxyl groups is 1. The van der Waals surface area contributed by atoms with Gasteiger partial charge in [-0.2, -0.15) is 0 Å². The quantitative estimate of drug-likeness (QED) is 0.120. The van der Waals surface area contributed by atoms with Gasteiger partial charge in [0.05, 0.1) is 17.6 Å². The number of fused-ring (bicyclic) bond motifs is 1. The molecule has 0 saturated carbocycles. The lowest BCUT2D eigenvalue weighted by Crippen LogP contribution is -2.37. The molecule has 4 aromatic rings. The summed E-state index contributed by atoms with van der Waals surface area (Å²) >= 11 is 1.25. The summed E-state index contributed by atoms with van der Waals surface area (Å²) in [5.41, 5.74) is 3.76. The molecule has 0 saturated heterocycles. The highest BCUT2D eigenvalue weighted by molar-refractivity contribution is 7.89. The lowest BCUT2D eigenvalue weighted by Gasteiger charge is -2.28. The van der Waals surface area contributed by atoms with Gasteiger partial charge in [-0.3, -0.25) is 14.4 Å². The molecular weight excluding hydrogens is 709 g/mol. The Morgan fingerprint density at radius 2 is 1.71 bits per heavy atom. The van der Waals surface area contributed by atoms with Crippen LogP contribution in [0.2, 0.25) is 0 Å². The van der Waals surface area contributed by atoms with Crippen molar-refractivity contribution in [2.24, 2.45) is 0 Å². The Morgan fingerprint density at radius 1 is 1.02 bits per heavy atom. The minimum Gasteiger partial charge on any atom is -0.508 e. The number of nitrogens with zero attached hydrogens (tertiary/aromatic N) is 2. The second-order valence-electron chi connectivity index (χ2n) is 12.1. The third-order valence-corrected chi connectivity index (χ3v) is 10.9. The number of aromatic nitrogens is 1. The monoisotopic (exact) mass is 752 g/mol. The van der Waals surface area contributed by atoms with Crippen molar-refractivity contribution in [3.63, 3.8) is 0 Å². The van der Waals surface area contributed by atoms with Gasteiger partial charge >= 0.3 is 5.97 Å². The van der Waals surface area contributed by atoms with Crippen LogP contribution in [0.3, 0.4) is 0 Å². The van der Waals surface area contributed by atoms with Crippen molar-refractivity contribution in [3.05, 3.63) is 105 Å². The highest BCUT2D eigenvalue weighted by Gasteiger charge is 2.38. The number of likely N-dealkylation sites (N-methyl/N-ethyl adjacent to an activating group) is 1. The summed E-state index contributed by atoms with van der Waals surface area (Å²) in [7, 11) is -2.67. The van der Waals surface area contributed by atoms with Crippen molar-refractivity contribution in [2.75, 3.05) is 32.1 Å². The van der Waals surface area contributed by atoms with Gasteiger partial charge < -0.3 is 30.1 Å². The van der Waals surface area contributed by atoms with Crippen LogP contribution in [0.4, 0.5) is 5.13 Å². The molecule has 0 unspecified atom stereocenters. The summed E-state index contributed by atoms with van der Waals surface area (Å²) in [6.07, 6.45) is 1.74. The van der Waals surface area contributed by atoms with Crippen molar-refractivity contribution in [2.45, 2.75) is 58.1 Å². The number of aryl methyl sites for hydroxylation is 3. The summed E-state index contributed by atoms with van der Waals surface area (Å²) in [4.78, 5) is 28.7. The summed E-state index contributed by atoms with van der Waals surface area (Å²) in [6.45, 7) is 10.4. The number of rotatable bonds is 12. The molecule has 0 aliphatic carbocycles. The van der Waals surface area contributed by atoms with E-state index >= 15 is 0 Å². The first-order valence-corrected chi connectivity index (χ1v) is 18.7. The molecule has 1 aliphatic rings. The van der Waals surface area contributed by atoms with E-state index in [9.17, 15) is 33.3 Å². The zero-order chi connectivity index (χ0) is 38.2. The molecule has 2 atom stereocenters. The number of benzene rings is 3. The Balaban J connectivity index is 0.000000238. The Morgan fingerprint density at radius 3 is 2.37 bits per heavy atom. The number of anilines is 1. The molecule has 0 fully saturated rings. The minimum atomic E-state index is -3.90. The van der Waals surface area contributed by atoms with Crippen LogP contribution < -0.4 is 15.4 Å². The Bertz CT molecular complexity index is 2030. The zero-order valence-corrected chi connectivity index (χ0v) is 31.5. The molecule has 52 heavy (non-hydrogen) atoms. The van der Waals surface area contributed by atoms with E-state index in [1.54, 1.807) is 49.5 Å². The normalized spacial score (nSPS) is 14.4. The van der Waals surface area contributed by atoms with E-state index in [1.165, 1.54) is 36.1 Å². The predicted molar refractivity (Wildman–Crippen MR) is 199 cm³/mol. The maximum atomic E-state index is 12.5. The first-order chi connectivity index (χ1) is 24.6. The van der Waals surface area contributed by atoms with Crippen LogP contribution in [0.1, 0.15) is 52.6 Å². The SMILES string of the molecule is CCOC(=O)COc1cc(C)c(CCN[C@@H](C)[C@H](O)c2ccc(O)cc2)cc1C.Cc1cnc(NC(=O)C2=C(O)c3ccccc3S(=O)(=O)N2C)s1. The van der Waals surface area contributed by atoms with Gasteiger partial charge in [0, 0.05) is 29.7 Å². The third kappa shape index (κ3) is 9.67. The fourth-order valence-corrected chi connectivity index (χ4v) is 7.43. The van der Waals surface area contributed by atoms with E-state index in [2.05, 4.69) is 21.7 Å². The van der Waals surface area contributed by atoms with Gasteiger partial charge in [-0.1, -0.05) is 30.3 Å². The Labute approximate surface area is 307 Å². The van der Waals surface area contributed by atoms with Crippen LogP contribution in [0, 0.1) is 20.8 Å². The van der Waals surface area contributed by atoms with Gasteiger partial charge in [-0.15, -0.1) is 11.3 Å². The number of hydrogen-bond donors (Lipinski definition) is 5. The standard InChI is InChI=1S/C23H31NO5.C14H13N3O4S2/c1-5-28-22(26)14-29-21-13-15(2)19(12-16(21)3)10-11-24-17(4)23(27)18-6-8-20(25)9-7-18;1-8-7-15-14(22-8)16-13(19)11-12(18)9-5-3-4-6-10(9)23(20,21)17(11)2/h6-9,12-13,17,23-25,27H,5,10-11,14H2,1-4H3;3-7,18H,1-2H3,(H,15,16,19)/t17-,23-;/m0./s1. The molecule has 0 spiro atoms. The number of phenolic OH excluding ortho intramolecular Hbond substituents is 1. The highest BCUT2D eigenvalue weighted by Crippen LogP contribution is 2.35. The molecule has 278 valence electrons. The molecular formula is C37H44N4O9S2. The lowest BCUT2D eigenvalue weighted by atomic mass is 10.0. The largest absolute Gasteiger partial charge is 0.508 e. The fourth-order valence-electron chi connectivity index (χ4n) is 5.37. The maximum Gasteiger partial charge on any atom is 0.344 e. The number of ether oxygens (including phenoxy) is 2. The Hall–Kier alpha value is -4.96. The van der Waals surface area contributed by atoms with E-state index in [1.807, 2.05) is 33.8 Å². The van der Waals surface area contributed by atoms with Crippen molar-refractivity contribution >= 4 is 44.1 Å². The molecule has 5 rings (SSSR count). The van der Waals surface area contributed by atoms with Gasteiger partial charge in [-0.25, -0.2) is 18.2 Å². The van der Waals surface area contributed by atoms with Crippen LogP contribution in [0.25, 0.3) is 5.76 Å². The summed E-state index contributed by atoms with van der Waals surface area (Å²) in [5, 5.41) is 36.4. The molecule has 1 aliphatic heterocycles. The lowest BCUT2D eigenvalue weighted by molar-refractivity contribution is -0.145. The number of thiazole rings is 1. The maximum absolute atomic E-state index is 12.5. The topological polar surface area (TPSA) is 188 Å². The van der Waals surface area contributed by atoms with Gasteiger partial charge in [0.15, 0.2) is 23.2 Å². The van der Waals surface area contributed by atoms with Crippen LogP contribution in [0.15, 0.2) is 77.5 Å². The average Bonchev–Trinajstić information content (AvgIpc) is 3.52. The molecule has 1 amide bonds. The number of phenols is 1. The van der Waals surface area contributed by atoms with E-state index in [0.717, 1.165) is 32.3 Å². The number of carbonyl (C=O) groups excluding carboxylic acids is 2. The van der Waals surface area contributed by atoms with Gasteiger partial charge in [0.2, 0.25) is 0 Å². The molecule has 5 N–H and O–H groups in total. The van der Waals surface area contributed by atoms with E-state index in [-0.39, 0.29) is 46.3 Å². The van der Waals surface area contributed by atoms with Crippen LogP contribution >= 0.6 is 11.3 Å². The Kier molecular flexibility index (Phi) is 13.4. The molecule has 1 aromatic heterocycles. The molecule has 0 bridgehead atoms. The van der Waals surface area contributed by atoms with Gasteiger partial charge in [0.1, 0.15) is 11.5 Å². The fraction of sp³-hybridized carbons (Fsp3) is 0.324. The second kappa shape index (κ2) is 17.5. The van der Waals surface area contributed by atoms with Gasteiger partial charge in [-0.05, 0) is 100 Å². The van der Waals surface area contributed by atoms with Crippen LogP contribution in [-0.4, -0.2) is 77.8 Å². The predicted octanol–water partition coefficient (Wildman–Crippen LogP) is 5.16. The number of amides is 1. The van der Waals surface area contributed by atoms with E-state index in [4.69, 9.17) is 9.47 Å². The van der Waals surface area contributed by atoms with Crippen molar-refractivity contribution in [1.82, 2.24) is 14.6 Å². The number of aliphatic hydroxyl groups is 2. The molecule has 2 heterocycles. The molecule has 3 aromatic carbocycles. The van der Waals surface area contributed by atoms with Crippen molar-refractivity contribution < 1.29 is 42.8 Å². The van der Waals surface area contributed by atoms with E-state index < -0.39 is 22.0 Å². The first kappa shape index (κ1) is 39.8. The number of nitrogens with one attached hydrogen (secondary N) is 2. The van der Waals surface area contributed by atoms with Gasteiger partial charge in [0.25, 0.3) is 15.9 Å². The molecule has 13 nitrogen and oxygen atoms in total. The number of carbonyl (C=O) groups is 2. The van der Waals surface area contributed by atoms with Crippen LogP contribution in [-0.2, 0) is 30.8 Å². The average molecular weight is 753 g/mol. The van der Waals surface area contributed by atoms with Crippen LogP contribution in [0.5, 0.6) is 11.5 Å². The number of esters is 1. The smallest absolute Gasteiger partial charge is 0.344 e. The number of hydrogen-bond acceptors (Lipinski definition) is 12. The second-order valence-corrected chi connectivity index (χ2v) is 15.2. The third-order valence-electron chi connectivity index (χ3n) is 8.23. The summed E-state index contributed by atoms with van der Waals surface area (Å²) < 4.78 is 36.3. The van der Waals surface area contributed by atoms with E-state index in [0.29, 0.717) is 24.0 Å². The summed E-state index contributed by atoms with van der Waals surface area (Å²) in [6, 6.07) is 16.5. The molecule has 15 heteroatoms. The summed E-state index contributed by atoms with van der Waals surface area (Å²) in [5.74, 6) is -0.634. The van der Waals surface area contributed by atoms with Crippen molar-refractivity contribution in [1.29, 1.82) is 0 Å². The first-order valence-electron chi connectivity index (χ1n) is 16.5. The van der Waals surface area contributed by atoms with Crippen molar-refractivity contribution in [3.8, 4) is 11.5 Å². The minimum absolute atomic E-state index is 0.0401. The zero-order valence-electron chi connectivity index (χ0n) is 29.8. The highest BCUT2D eigenvalue weighted by atomic mass is 32.2. The number of aliphatic hydroxyl groups excluding tert-OH is 2. The molecule has 0 radical (unpaired) electrons. The number of sulfonamides is 1.